The Bertz CT molecular complexity index is 773. The van der Waals surface area contributed by atoms with E-state index in [1.54, 1.807) is 12.2 Å². The lowest BCUT2D eigenvalue weighted by molar-refractivity contribution is -0.341. The van der Waals surface area contributed by atoms with E-state index in [1.165, 1.54) is 6.26 Å². The zero-order valence-corrected chi connectivity index (χ0v) is 18.5. The molecule has 0 radical (unpaired) electrons. The quantitative estimate of drug-likeness (QED) is 0.147. The van der Waals surface area contributed by atoms with Crippen LogP contribution in [0.25, 0.3) is 0 Å². The fraction of sp³-hybridized carbons (Fsp3) is 0.810. The molecule has 0 aromatic carbocycles. The van der Waals surface area contributed by atoms with Crippen LogP contribution in [0.3, 0.4) is 0 Å². The van der Waals surface area contributed by atoms with Crippen molar-refractivity contribution in [2.45, 2.75) is 73.8 Å². The summed E-state index contributed by atoms with van der Waals surface area (Å²) in [6.45, 7) is -1.69. The SMILES string of the molecule is OCC1=CC(OC2OC(CO)C(O)C(O)C2O)C2C=COC(OC3OC(CO)C(O)C(O)C3O)C12. The molecule has 4 rings (SSSR count). The summed E-state index contributed by atoms with van der Waals surface area (Å²) in [6.07, 6.45) is -12.4. The van der Waals surface area contributed by atoms with E-state index in [-0.39, 0.29) is 0 Å². The van der Waals surface area contributed by atoms with Gasteiger partial charge in [0.25, 0.3) is 0 Å². The van der Waals surface area contributed by atoms with Crippen LogP contribution < -0.4 is 0 Å². The monoisotopic (exact) mass is 508 g/mol. The average molecular weight is 508 g/mol. The van der Waals surface area contributed by atoms with Gasteiger partial charge in [-0.3, -0.25) is 0 Å². The van der Waals surface area contributed by atoms with Crippen molar-refractivity contribution < 1.29 is 69.6 Å². The Balaban J connectivity index is 1.48. The third-order valence-corrected chi connectivity index (χ3v) is 6.85. The average Bonchev–Trinajstić information content (AvgIpc) is 3.23. The zero-order chi connectivity index (χ0) is 25.4. The summed E-state index contributed by atoms with van der Waals surface area (Å²) >= 11 is 0. The van der Waals surface area contributed by atoms with Gasteiger partial charge in [-0.15, -0.1) is 0 Å². The minimum atomic E-state index is -1.66. The second-order valence-corrected chi connectivity index (χ2v) is 8.97. The van der Waals surface area contributed by atoms with Crippen molar-refractivity contribution in [1.82, 2.24) is 0 Å². The van der Waals surface area contributed by atoms with E-state index in [0.29, 0.717) is 5.57 Å². The third-order valence-electron chi connectivity index (χ3n) is 6.85. The Morgan fingerprint density at radius 3 is 1.74 bits per heavy atom. The van der Waals surface area contributed by atoms with Gasteiger partial charge < -0.3 is 69.6 Å². The van der Waals surface area contributed by atoms with E-state index < -0.39 is 105 Å². The summed E-state index contributed by atoms with van der Waals surface area (Å²) in [5.74, 6) is -1.21. The Morgan fingerprint density at radius 2 is 1.23 bits per heavy atom. The minimum absolute atomic E-state index is 0.420. The molecule has 14 heteroatoms. The molecule has 35 heavy (non-hydrogen) atoms. The summed E-state index contributed by atoms with van der Waals surface area (Å²) < 4.78 is 27.9. The van der Waals surface area contributed by atoms with Gasteiger partial charge in [0.15, 0.2) is 12.6 Å². The van der Waals surface area contributed by atoms with Crippen LogP contribution in [0.1, 0.15) is 0 Å². The van der Waals surface area contributed by atoms with E-state index in [2.05, 4.69) is 0 Å². The standard InChI is InChI=1S/C21H32O14/c22-4-7-3-9(32-20-17(29)15(27)13(25)10(5-23)33-20)8-1-2-31-19(12(7)8)35-21-18(30)16(28)14(26)11(6-24)34-21/h1-3,8-30H,4-6H2. The second-order valence-electron chi connectivity index (χ2n) is 8.97. The molecule has 2 saturated heterocycles. The summed E-state index contributed by atoms with van der Waals surface area (Å²) in [5.41, 5.74) is 0.420. The zero-order valence-electron chi connectivity index (χ0n) is 18.5. The van der Waals surface area contributed by atoms with Crippen LogP contribution in [0, 0.1) is 11.8 Å². The van der Waals surface area contributed by atoms with Crippen LogP contribution in [-0.4, -0.2) is 140 Å². The summed E-state index contributed by atoms with van der Waals surface area (Å²) in [5, 5.41) is 89.3. The number of hydrogen-bond acceptors (Lipinski definition) is 14. The first-order chi connectivity index (χ1) is 16.7. The first-order valence-corrected chi connectivity index (χ1v) is 11.3. The van der Waals surface area contributed by atoms with Crippen molar-refractivity contribution in [3.63, 3.8) is 0 Å². The predicted molar refractivity (Wildman–Crippen MR) is 110 cm³/mol. The van der Waals surface area contributed by atoms with E-state index in [9.17, 15) is 46.0 Å². The molecule has 200 valence electrons. The molecule has 1 aliphatic carbocycles. The van der Waals surface area contributed by atoms with Gasteiger partial charge in [0.05, 0.1) is 38.1 Å². The van der Waals surface area contributed by atoms with Crippen LogP contribution in [0.5, 0.6) is 0 Å². The summed E-state index contributed by atoms with van der Waals surface area (Å²) in [4.78, 5) is 0. The molecule has 14 nitrogen and oxygen atoms in total. The van der Waals surface area contributed by atoms with Crippen molar-refractivity contribution in [1.29, 1.82) is 0 Å². The highest BCUT2D eigenvalue weighted by molar-refractivity contribution is 5.26. The molecule has 3 aliphatic heterocycles. The maximum Gasteiger partial charge on any atom is 0.209 e. The maximum atomic E-state index is 10.3. The van der Waals surface area contributed by atoms with Gasteiger partial charge in [0, 0.05) is 5.92 Å². The predicted octanol–water partition coefficient (Wildman–Crippen LogP) is -4.98. The molecule has 0 amide bonds. The van der Waals surface area contributed by atoms with Crippen LogP contribution >= 0.6 is 0 Å². The van der Waals surface area contributed by atoms with Gasteiger partial charge in [-0.25, -0.2) is 0 Å². The normalized spacial score (nSPS) is 49.9. The van der Waals surface area contributed by atoms with Gasteiger partial charge in [-0.1, -0.05) is 6.08 Å². The fourth-order valence-corrected chi connectivity index (χ4v) is 4.82. The third kappa shape index (κ3) is 5.00. The number of aliphatic hydroxyl groups is 9. The van der Waals surface area contributed by atoms with Crippen LogP contribution in [0.15, 0.2) is 24.0 Å². The number of fused-ring (bicyclic) bond motifs is 1. The van der Waals surface area contributed by atoms with Crippen LogP contribution in [-0.2, 0) is 23.7 Å². The molecule has 9 N–H and O–H groups in total. The molecule has 14 atom stereocenters. The molecule has 14 unspecified atom stereocenters. The van der Waals surface area contributed by atoms with E-state index >= 15 is 0 Å². The Hall–Kier alpha value is -1.24. The lowest BCUT2D eigenvalue weighted by Gasteiger charge is -2.43. The van der Waals surface area contributed by atoms with E-state index in [4.69, 9.17) is 23.7 Å². The second kappa shape index (κ2) is 11.0. The molecular weight excluding hydrogens is 476 g/mol. The van der Waals surface area contributed by atoms with Gasteiger partial charge in [-0.05, 0) is 11.6 Å². The van der Waals surface area contributed by atoms with E-state index in [0.717, 1.165) is 0 Å². The maximum absolute atomic E-state index is 10.3. The first kappa shape index (κ1) is 26.8. The number of aliphatic hydroxyl groups excluding tert-OH is 9. The molecule has 0 spiro atoms. The highest BCUT2D eigenvalue weighted by Gasteiger charge is 2.51. The molecule has 0 bridgehead atoms. The topological polar surface area (TPSA) is 228 Å². The van der Waals surface area contributed by atoms with Gasteiger partial charge in [0.2, 0.25) is 6.29 Å². The number of hydrogen-bond donors (Lipinski definition) is 9. The Labute approximate surface area is 199 Å². The molecule has 0 aromatic heterocycles. The first-order valence-electron chi connectivity index (χ1n) is 11.3. The molecule has 0 aromatic rings. The Morgan fingerprint density at radius 1 is 0.686 bits per heavy atom. The lowest BCUT2D eigenvalue weighted by Crippen LogP contribution is -2.60. The van der Waals surface area contributed by atoms with Gasteiger partial charge >= 0.3 is 0 Å². The summed E-state index contributed by atoms with van der Waals surface area (Å²) in [6, 6.07) is 0. The van der Waals surface area contributed by atoms with Crippen molar-refractivity contribution in [2.75, 3.05) is 19.8 Å². The Kier molecular flexibility index (Phi) is 8.44. The van der Waals surface area contributed by atoms with Crippen LogP contribution in [0.4, 0.5) is 0 Å². The fourth-order valence-electron chi connectivity index (χ4n) is 4.82. The highest BCUT2D eigenvalue weighted by atomic mass is 16.8. The van der Waals surface area contributed by atoms with E-state index in [1.807, 2.05) is 0 Å². The molecule has 2 fully saturated rings. The minimum Gasteiger partial charge on any atom is -0.472 e. The van der Waals surface area contributed by atoms with Crippen molar-refractivity contribution in [3.8, 4) is 0 Å². The highest BCUT2D eigenvalue weighted by Crippen LogP contribution is 2.43. The van der Waals surface area contributed by atoms with Crippen LogP contribution in [0.2, 0.25) is 0 Å². The van der Waals surface area contributed by atoms with Gasteiger partial charge in [-0.2, -0.15) is 0 Å². The summed E-state index contributed by atoms with van der Waals surface area (Å²) in [7, 11) is 0. The van der Waals surface area contributed by atoms with Crippen molar-refractivity contribution in [2.24, 2.45) is 11.8 Å². The molecule has 3 heterocycles. The number of rotatable bonds is 7. The van der Waals surface area contributed by atoms with Crippen molar-refractivity contribution in [3.05, 3.63) is 24.0 Å². The number of ether oxygens (including phenoxy) is 5. The van der Waals surface area contributed by atoms with Crippen molar-refractivity contribution >= 4 is 0 Å². The lowest BCUT2D eigenvalue weighted by atomic mass is 9.88. The smallest absolute Gasteiger partial charge is 0.209 e. The molecule has 0 saturated carbocycles. The van der Waals surface area contributed by atoms with Gasteiger partial charge in [0.1, 0.15) is 48.8 Å². The molecule has 4 aliphatic rings. The largest absolute Gasteiger partial charge is 0.472 e. The molecular formula is C21H32O14.